The summed E-state index contributed by atoms with van der Waals surface area (Å²) in [4.78, 5) is 2.70. The van der Waals surface area contributed by atoms with Crippen LogP contribution in [0.4, 0.5) is 0 Å². The van der Waals surface area contributed by atoms with Gasteiger partial charge < -0.3 is 5.11 Å². The molecule has 0 saturated carbocycles. The Hall–Kier alpha value is -0.340. The molecule has 1 heterocycles. The minimum Gasteiger partial charge on any atom is -0.396 e. The lowest BCUT2D eigenvalue weighted by Crippen LogP contribution is -1.94. The maximum atomic E-state index is 8.88. The van der Waals surface area contributed by atoms with Gasteiger partial charge in [0.25, 0.3) is 0 Å². The first-order valence-electron chi connectivity index (χ1n) is 3.97. The van der Waals surface area contributed by atoms with E-state index in [-0.39, 0.29) is 6.61 Å². The number of thiophene rings is 1. The van der Waals surface area contributed by atoms with Crippen LogP contribution in [0.2, 0.25) is 0 Å². The minimum atomic E-state index is 0.254. The Morgan fingerprint density at radius 1 is 1.55 bits per heavy atom. The normalized spacial score (nSPS) is 13.4. The molecule has 0 amide bonds. The maximum absolute atomic E-state index is 8.88. The summed E-state index contributed by atoms with van der Waals surface area (Å²) in [5, 5.41) is 8.88. The van der Waals surface area contributed by atoms with E-state index in [0.29, 0.717) is 5.92 Å². The van der Waals surface area contributed by atoms with E-state index in [2.05, 4.69) is 19.1 Å². The Morgan fingerprint density at radius 2 is 2.27 bits per heavy atom. The van der Waals surface area contributed by atoms with Crippen molar-refractivity contribution in [3.8, 4) is 0 Å². The van der Waals surface area contributed by atoms with Crippen LogP contribution >= 0.6 is 11.3 Å². The van der Waals surface area contributed by atoms with E-state index in [1.54, 1.807) is 11.3 Å². The number of rotatable bonds is 3. The van der Waals surface area contributed by atoms with Gasteiger partial charge in [0.1, 0.15) is 0 Å². The maximum Gasteiger partial charge on any atom is 0.0504 e. The van der Waals surface area contributed by atoms with Crippen molar-refractivity contribution in [2.45, 2.75) is 26.2 Å². The molecule has 0 aliphatic heterocycles. The molecule has 0 radical (unpaired) electrons. The fourth-order valence-corrected chi connectivity index (χ4v) is 1.93. The topological polar surface area (TPSA) is 20.2 Å². The van der Waals surface area contributed by atoms with Crippen LogP contribution in [-0.2, 0) is 6.42 Å². The third kappa shape index (κ3) is 2.04. The van der Waals surface area contributed by atoms with Crippen LogP contribution in [0.1, 0.15) is 29.5 Å². The predicted molar refractivity (Wildman–Crippen MR) is 49.2 cm³/mol. The first kappa shape index (κ1) is 8.75. The minimum absolute atomic E-state index is 0.254. The molecule has 0 bridgehead atoms. The average molecular weight is 170 g/mol. The van der Waals surface area contributed by atoms with Gasteiger partial charge in [-0.3, -0.25) is 0 Å². The highest BCUT2D eigenvalue weighted by molar-refractivity contribution is 7.12. The van der Waals surface area contributed by atoms with Crippen molar-refractivity contribution in [1.82, 2.24) is 0 Å². The molecule has 62 valence electrons. The van der Waals surface area contributed by atoms with Gasteiger partial charge in [-0.1, -0.05) is 13.8 Å². The molecule has 1 aromatic rings. The van der Waals surface area contributed by atoms with Crippen molar-refractivity contribution in [1.29, 1.82) is 0 Å². The van der Waals surface area contributed by atoms with Gasteiger partial charge in [0.05, 0.1) is 6.61 Å². The summed E-state index contributed by atoms with van der Waals surface area (Å²) in [6, 6.07) is 4.26. The SMILES string of the molecule is CCc1ccc([C@H](C)CO)s1. The summed E-state index contributed by atoms with van der Waals surface area (Å²) in [5.74, 6) is 0.306. The predicted octanol–water partition coefficient (Wildman–Crippen LogP) is 2.41. The second-order valence-corrected chi connectivity index (χ2v) is 3.94. The molecule has 0 unspecified atom stereocenters. The molecule has 11 heavy (non-hydrogen) atoms. The fraction of sp³-hybridized carbons (Fsp3) is 0.556. The van der Waals surface area contributed by atoms with E-state index in [1.807, 2.05) is 6.92 Å². The lowest BCUT2D eigenvalue weighted by Gasteiger charge is -2.02. The molecule has 0 aromatic carbocycles. The molecule has 1 nitrogen and oxygen atoms in total. The number of aryl methyl sites for hydroxylation is 1. The van der Waals surface area contributed by atoms with Gasteiger partial charge in [-0.15, -0.1) is 11.3 Å². The van der Waals surface area contributed by atoms with Gasteiger partial charge in [0.15, 0.2) is 0 Å². The van der Waals surface area contributed by atoms with Crippen LogP contribution < -0.4 is 0 Å². The average Bonchev–Trinajstić information content (AvgIpc) is 2.50. The molecule has 1 atom stereocenters. The number of aliphatic hydroxyl groups excluding tert-OH is 1. The van der Waals surface area contributed by atoms with E-state index < -0.39 is 0 Å². The van der Waals surface area contributed by atoms with Crippen molar-refractivity contribution in [3.63, 3.8) is 0 Å². The Labute approximate surface area is 71.7 Å². The molecule has 1 N–H and O–H groups in total. The standard InChI is InChI=1S/C9H14OS/c1-3-8-4-5-9(11-8)7(2)6-10/h4-5,7,10H,3,6H2,1-2H3/t7-/m1/s1. The fourth-order valence-electron chi connectivity index (χ4n) is 0.939. The summed E-state index contributed by atoms with van der Waals surface area (Å²) in [6.45, 7) is 4.45. The number of hydrogen-bond donors (Lipinski definition) is 1. The van der Waals surface area contributed by atoms with E-state index in [4.69, 9.17) is 5.11 Å². The zero-order chi connectivity index (χ0) is 8.27. The van der Waals surface area contributed by atoms with Gasteiger partial charge in [-0.2, -0.15) is 0 Å². The Bertz CT molecular complexity index is 217. The van der Waals surface area contributed by atoms with Gasteiger partial charge in [0, 0.05) is 15.7 Å². The molecule has 0 fully saturated rings. The summed E-state index contributed by atoms with van der Waals surface area (Å²) in [6.07, 6.45) is 1.10. The van der Waals surface area contributed by atoms with Crippen molar-refractivity contribution in [3.05, 3.63) is 21.9 Å². The molecule has 1 aromatic heterocycles. The van der Waals surface area contributed by atoms with Crippen LogP contribution in [0.5, 0.6) is 0 Å². The zero-order valence-electron chi connectivity index (χ0n) is 7.00. The van der Waals surface area contributed by atoms with Crippen LogP contribution in [0.3, 0.4) is 0 Å². The largest absolute Gasteiger partial charge is 0.396 e. The van der Waals surface area contributed by atoms with E-state index in [9.17, 15) is 0 Å². The summed E-state index contributed by atoms with van der Waals surface area (Å²) in [7, 11) is 0. The van der Waals surface area contributed by atoms with Crippen LogP contribution in [0.15, 0.2) is 12.1 Å². The summed E-state index contributed by atoms with van der Waals surface area (Å²) in [5.41, 5.74) is 0. The molecule has 2 heteroatoms. The van der Waals surface area contributed by atoms with Crippen LogP contribution in [0.25, 0.3) is 0 Å². The molecule has 0 aliphatic rings. The van der Waals surface area contributed by atoms with E-state index in [0.717, 1.165) is 6.42 Å². The second-order valence-electron chi connectivity index (χ2n) is 2.74. The van der Waals surface area contributed by atoms with E-state index >= 15 is 0 Å². The van der Waals surface area contributed by atoms with Gasteiger partial charge in [-0.05, 0) is 18.6 Å². The molecular weight excluding hydrogens is 156 g/mol. The highest BCUT2D eigenvalue weighted by Crippen LogP contribution is 2.24. The highest BCUT2D eigenvalue weighted by Gasteiger charge is 2.05. The lowest BCUT2D eigenvalue weighted by molar-refractivity contribution is 0.274. The van der Waals surface area contributed by atoms with Crippen molar-refractivity contribution < 1.29 is 5.11 Å². The van der Waals surface area contributed by atoms with Crippen molar-refractivity contribution >= 4 is 11.3 Å². The van der Waals surface area contributed by atoms with Crippen molar-refractivity contribution in [2.75, 3.05) is 6.61 Å². The molecular formula is C9H14OS. The molecule has 1 rings (SSSR count). The monoisotopic (exact) mass is 170 g/mol. The van der Waals surface area contributed by atoms with Gasteiger partial charge in [-0.25, -0.2) is 0 Å². The third-order valence-electron chi connectivity index (χ3n) is 1.79. The molecule has 0 aliphatic carbocycles. The number of hydrogen-bond acceptors (Lipinski definition) is 2. The summed E-state index contributed by atoms with van der Waals surface area (Å²) < 4.78 is 0. The van der Waals surface area contributed by atoms with Gasteiger partial charge >= 0.3 is 0 Å². The first-order valence-corrected chi connectivity index (χ1v) is 4.79. The van der Waals surface area contributed by atoms with E-state index in [1.165, 1.54) is 9.75 Å². The Kier molecular flexibility index (Phi) is 3.09. The first-order chi connectivity index (χ1) is 5.27. The lowest BCUT2D eigenvalue weighted by atomic mass is 10.1. The second kappa shape index (κ2) is 3.88. The number of aliphatic hydroxyl groups is 1. The third-order valence-corrected chi connectivity index (χ3v) is 3.25. The van der Waals surface area contributed by atoms with Crippen molar-refractivity contribution in [2.24, 2.45) is 0 Å². The quantitative estimate of drug-likeness (QED) is 0.738. The zero-order valence-corrected chi connectivity index (χ0v) is 7.82. The Balaban J connectivity index is 2.71. The van der Waals surface area contributed by atoms with Gasteiger partial charge in [0.2, 0.25) is 0 Å². The van der Waals surface area contributed by atoms with Crippen LogP contribution in [0, 0.1) is 0 Å². The smallest absolute Gasteiger partial charge is 0.0504 e. The molecule has 0 saturated heterocycles. The van der Waals surface area contributed by atoms with Crippen LogP contribution in [-0.4, -0.2) is 11.7 Å². The summed E-state index contributed by atoms with van der Waals surface area (Å²) >= 11 is 1.81. The highest BCUT2D eigenvalue weighted by atomic mass is 32.1. The molecule has 0 spiro atoms. The Morgan fingerprint density at radius 3 is 2.73 bits per heavy atom.